The molecule has 21 heavy (non-hydrogen) atoms. The Balaban J connectivity index is 3.04. The van der Waals surface area contributed by atoms with Crippen molar-refractivity contribution in [3.63, 3.8) is 0 Å². The summed E-state index contributed by atoms with van der Waals surface area (Å²) < 4.78 is 42.9. The highest BCUT2D eigenvalue weighted by molar-refractivity contribution is 5.89. The SMILES string of the molecule is CCOC(=O)CC#Cc1ccc(C(=O)O)c(C(F)(F)F)c1. The number of benzene rings is 1. The van der Waals surface area contributed by atoms with Crippen LogP contribution >= 0.6 is 0 Å². The maximum Gasteiger partial charge on any atom is 0.417 e. The fraction of sp³-hybridized carbons (Fsp3) is 0.286. The second kappa shape index (κ2) is 6.79. The first kappa shape index (κ1) is 16.6. The molecule has 0 aliphatic carbocycles. The number of ether oxygens (including phenoxy) is 1. The fourth-order valence-electron chi connectivity index (χ4n) is 1.47. The molecule has 4 nitrogen and oxygen atoms in total. The lowest BCUT2D eigenvalue weighted by atomic mass is 10.0. The lowest BCUT2D eigenvalue weighted by Gasteiger charge is -2.10. The summed E-state index contributed by atoms with van der Waals surface area (Å²) in [6.45, 7) is 1.80. The van der Waals surface area contributed by atoms with E-state index in [-0.39, 0.29) is 18.6 Å². The van der Waals surface area contributed by atoms with Crippen LogP contribution in [0.4, 0.5) is 13.2 Å². The normalized spacial score (nSPS) is 10.5. The first-order valence-electron chi connectivity index (χ1n) is 5.84. The Morgan fingerprint density at radius 2 is 2.00 bits per heavy atom. The molecule has 0 amide bonds. The molecular weight excluding hydrogens is 289 g/mol. The Labute approximate surface area is 118 Å². The summed E-state index contributed by atoms with van der Waals surface area (Å²) in [5.74, 6) is 2.49. The molecular formula is C14H11F3O4. The van der Waals surface area contributed by atoms with E-state index in [1.165, 1.54) is 0 Å². The van der Waals surface area contributed by atoms with Crippen LogP contribution in [-0.2, 0) is 15.7 Å². The predicted octanol–water partition coefficient (Wildman–Crippen LogP) is 2.71. The maximum atomic E-state index is 12.8. The van der Waals surface area contributed by atoms with E-state index in [1.807, 2.05) is 0 Å². The minimum atomic E-state index is -4.80. The van der Waals surface area contributed by atoms with Crippen molar-refractivity contribution in [1.82, 2.24) is 0 Å². The molecule has 0 unspecified atom stereocenters. The Morgan fingerprint density at radius 1 is 1.33 bits per heavy atom. The molecule has 1 aromatic rings. The molecule has 0 atom stereocenters. The van der Waals surface area contributed by atoms with E-state index < -0.39 is 29.2 Å². The molecule has 0 saturated carbocycles. The van der Waals surface area contributed by atoms with Crippen LogP contribution in [0.1, 0.15) is 34.8 Å². The molecule has 0 aliphatic rings. The number of hydrogen-bond donors (Lipinski definition) is 1. The van der Waals surface area contributed by atoms with Crippen LogP contribution in [-0.4, -0.2) is 23.7 Å². The zero-order valence-corrected chi connectivity index (χ0v) is 11.0. The summed E-state index contributed by atoms with van der Waals surface area (Å²) in [7, 11) is 0. The minimum Gasteiger partial charge on any atom is -0.478 e. The monoisotopic (exact) mass is 300 g/mol. The largest absolute Gasteiger partial charge is 0.478 e. The molecule has 0 aromatic heterocycles. The van der Waals surface area contributed by atoms with E-state index in [2.05, 4.69) is 16.6 Å². The number of carboxylic acids is 1. The van der Waals surface area contributed by atoms with Crippen molar-refractivity contribution in [3.05, 3.63) is 34.9 Å². The van der Waals surface area contributed by atoms with Gasteiger partial charge in [-0.05, 0) is 25.1 Å². The van der Waals surface area contributed by atoms with Gasteiger partial charge >= 0.3 is 18.1 Å². The van der Waals surface area contributed by atoms with Gasteiger partial charge in [0.05, 0.1) is 17.7 Å². The molecule has 1 rings (SSSR count). The van der Waals surface area contributed by atoms with Crippen LogP contribution < -0.4 is 0 Å². The average molecular weight is 300 g/mol. The molecule has 0 bridgehead atoms. The average Bonchev–Trinajstić information content (AvgIpc) is 2.37. The Bertz CT molecular complexity index is 609. The van der Waals surface area contributed by atoms with Gasteiger partial charge in [-0.2, -0.15) is 13.2 Å². The van der Waals surface area contributed by atoms with E-state index in [1.54, 1.807) is 6.92 Å². The molecule has 112 valence electrons. The fourth-order valence-corrected chi connectivity index (χ4v) is 1.47. The van der Waals surface area contributed by atoms with Crippen LogP contribution in [0.25, 0.3) is 0 Å². The van der Waals surface area contributed by atoms with Gasteiger partial charge in [0.2, 0.25) is 0 Å². The maximum absolute atomic E-state index is 12.8. The smallest absolute Gasteiger partial charge is 0.417 e. The number of halogens is 3. The number of rotatable bonds is 3. The van der Waals surface area contributed by atoms with Crippen molar-refractivity contribution in [2.75, 3.05) is 6.61 Å². The predicted molar refractivity (Wildman–Crippen MR) is 66.5 cm³/mol. The van der Waals surface area contributed by atoms with Gasteiger partial charge in [-0.25, -0.2) is 4.79 Å². The van der Waals surface area contributed by atoms with Gasteiger partial charge in [-0.3, -0.25) is 4.79 Å². The highest BCUT2D eigenvalue weighted by atomic mass is 19.4. The van der Waals surface area contributed by atoms with Crippen LogP contribution in [0.15, 0.2) is 18.2 Å². The van der Waals surface area contributed by atoms with Crippen LogP contribution in [0.5, 0.6) is 0 Å². The number of aromatic carboxylic acids is 1. The van der Waals surface area contributed by atoms with Crippen LogP contribution in [0.3, 0.4) is 0 Å². The second-order valence-electron chi connectivity index (χ2n) is 3.85. The second-order valence-corrected chi connectivity index (χ2v) is 3.85. The molecule has 0 fully saturated rings. The lowest BCUT2D eigenvalue weighted by molar-refractivity contribution is -0.142. The number of carbonyl (C=O) groups is 2. The number of esters is 1. The molecule has 0 spiro atoms. The lowest BCUT2D eigenvalue weighted by Crippen LogP contribution is -2.13. The zero-order chi connectivity index (χ0) is 16.0. The highest BCUT2D eigenvalue weighted by Gasteiger charge is 2.35. The van der Waals surface area contributed by atoms with Crippen LogP contribution in [0.2, 0.25) is 0 Å². The van der Waals surface area contributed by atoms with Crippen molar-refractivity contribution in [2.24, 2.45) is 0 Å². The summed E-state index contributed by atoms with van der Waals surface area (Å²) >= 11 is 0. The van der Waals surface area contributed by atoms with E-state index in [4.69, 9.17) is 5.11 Å². The van der Waals surface area contributed by atoms with Crippen molar-refractivity contribution in [1.29, 1.82) is 0 Å². The minimum absolute atomic E-state index is 0.0309. The molecule has 1 N–H and O–H groups in total. The van der Waals surface area contributed by atoms with Gasteiger partial charge in [0, 0.05) is 5.56 Å². The van der Waals surface area contributed by atoms with E-state index in [0.717, 1.165) is 12.1 Å². The Morgan fingerprint density at radius 3 is 2.52 bits per heavy atom. The van der Waals surface area contributed by atoms with Crippen molar-refractivity contribution >= 4 is 11.9 Å². The summed E-state index contributed by atoms with van der Waals surface area (Å²) in [5, 5.41) is 8.73. The molecule has 7 heteroatoms. The van der Waals surface area contributed by atoms with Gasteiger partial charge < -0.3 is 9.84 Å². The summed E-state index contributed by atoms with van der Waals surface area (Å²) in [4.78, 5) is 21.8. The van der Waals surface area contributed by atoms with Crippen molar-refractivity contribution in [2.45, 2.75) is 19.5 Å². The van der Waals surface area contributed by atoms with Crippen molar-refractivity contribution in [3.8, 4) is 11.8 Å². The summed E-state index contributed by atoms with van der Waals surface area (Å²) in [5.41, 5.74) is -2.16. The van der Waals surface area contributed by atoms with Crippen molar-refractivity contribution < 1.29 is 32.6 Å². The zero-order valence-electron chi connectivity index (χ0n) is 11.0. The third-order valence-electron chi connectivity index (χ3n) is 2.33. The van der Waals surface area contributed by atoms with Gasteiger partial charge in [0.15, 0.2) is 0 Å². The van der Waals surface area contributed by atoms with E-state index in [0.29, 0.717) is 6.07 Å². The quantitative estimate of drug-likeness (QED) is 0.688. The van der Waals surface area contributed by atoms with E-state index >= 15 is 0 Å². The van der Waals surface area contributed by atoms with E-state index in [9.17, 15) is 22.8 Å². The van der Waals surface area contributed by atoms with Crippen LogP contribution in [0, 0.1) is 11.8 Å². The third kappa shape index (κ3) is 4.84. The first-order valence-corrected chi connectivity index (χ1v) is 5.84. The summed E-state index contributed by atoms with van der Waals surface area (Å²) in [6, 6.07) is 2.62. The molecule has 0 radical (unpaired) electrons. The standard InChI is InChI=1S/C14H11F3O4/c1-2-21-12(18)5-3-4-9-6-7-10(13(19)20)11(8-9)14(15,16)17/h6-8H,2,5H2,1H3,(H,19,20). The number of hydrogen-bond acceptors (Lipinski definition) is 3. The molecule has 0 heterocycles. The molecule has 0 aliphatic heterocycles. The topological polar surface area (TPSA) is 63.6 Å². The molecule has 0 saturated heterocycles. The Kier molecular flexibility index (Phi) is 5.36. The highest BCUT2D eigenvalue weighted by Crippen LogP contribution is 2.32. The number of alkyl halides is 3. The van der Waals surface area contributed by atoms with Gasteiger partial charge in [0.1, 0.15) is 6.42 Å². The van der Waals surface area contributed by atoms with Gasteiger partial charge in [-0.1, -0.05) is 11.8 Å². The number of carboxylic acid groups (broad SMARTS) is 1. The van der Waals surface area contributed by atoms with Gasteiger partial charge in [-0.15, -0.1) is 0 Å². The molecule has 1 aromatic carbocycles. The number of carbonyl (C=O) groups excluding carboxylic acids is 1. The summed E-state index contributed by atoms with van der Waals surface area (Å²) in [6.07, 6.45) is -5.05. The Hall–Kier alpha value is -2.49. The third-order valence-corrected chi connectivity index (χ3v) is 2.33. The first-order chi connectivity index (χ1) is 9.75. The van der Waals surface area contributed by atoms with Gasteiger partial charge in [0.25, 0.3) is 0 Å².